The highest BCUT2D eigenvalue weighted by Gasteiger charge is 2.26. The van der Waals surface area contributed by atoms with E-state index in [1.807, 2.05) is 36.4 Å². The fourth-order valence-electron chi connectivity index (χ4n) is 3.85. The van der Waals surface area contributed by atoms with Crippen LogP contribution in [-0.2, 0) is 27.6 Å². The first kappa shape index (κ1) is 21.1. The molecule has 2 aromatic carbocycles. The third-order valence-electron chi connectivity index (χ3n) is 5.34. The second-order valence-electron chi connectivity index (χ2n) is 8.58. The predicted molar refractivity (Wildman–Crippen MR) is 116 cm³/mol. The highest BCUT2D eigenvalue weighted by atomic mass is 32.2. The van der Waals surface area contributed by atoms with Crippen molar-refractivity contribution in [3.8, 4) is 11.5 Å². The van der Waals surface area contributed by atoms with Gasteiger partial charge in [0.05, 0.1) is 22.3 Å². The minimum Gasteiger partial charge on any atom is -0.455 e. The Labute approximate surface area is 171 Å². The van der Waals surface area contributed by atoms with E-state index in [0.29, 0.717) is 12.4 Å². The maximum absolute atomic E-state index is 13.4. The van der Waals surface area contributed by atoms with Crippen molar-refractivity contribution in [1.29, 1.82) is 0 Å². The zero-order chi connectivity index (χ0) is 20.1. The van der Waals surface area contributed by atoms with Gasteiger partial charge < -0.3 is 9.47 Å². The molecule has 0 N–H and O–H groups in total. The van der Waals surface area contributed by atoms with E-state index in [9.17, 15) is 4.21 Å². The van der Waals surface area contributed by atoms with Crippen LogP contribution in [0.2, 0.25) is 0 Å². The second-order valence-corrected chi connectivity index (χ2v) is 10.3. The summed E-state index contributed by atoms with van der Waals surface area (Å²) in [6, 6.07) is 14.0. The topological polar surface area (TPSA) is 35.5 Å². The lowest BCUT2D eigenvalue weighted by atomic mass is 9.86. The van der Waals surface area contributed by atoms with Gasteiger partial charge in [0.2, 0.25) is 0 Å². The Morgan fingerprint density at radius 3 is 2.39 bits per heavy atom. The van der Waals surface area contributed by atoms with Crippen molar-refractivity contribution >= 4 is 10.8 Å². The van der Waals surface area contributed by atoms with Crippen LogP contribution in [-0.4, -0.2) is 16.6 Å². The molecule has 0 bridgehead atoms. The molecule has 1 aliphatic carbocycles. The number of para-hydroxylation sites is 2. The fraction of sp³-hybridized carbons (Fsp3) is 0.500. The lowest BCUT2D eigenvalue weighted by Crippen LogP contribution is -2.19. The molecule has 152 valence electrons. The number of hydrogen-bond acceptors (Lipinski definition) is 3. The average molecular weight is 401 g/mol. The molecule has 1 fully saturated rings. The normalized spacial score (nSPS) is 16.7. The molecule has 0 heterocycles. The number of hydrogen-bond donors (Lipinski definition) is 0. The van der Waals surface area contributed by atoms with Crippen LogP contribution in [0.1, 0.15) is 64.0 Å². The average Bonchev–Trinajstić information content (AvgIpc) is 2.69. The molecule has 4 heteroatoms. The molecular formula is C24H32O3S. The van der Waals surface area contributed by atoms with E-state index >= 15 is 0 Å². The molecule has 2 aromatic rings. The third kappa shape index (κ3) is 4.84. The quantitative estimate of drug-likeness (QED) is 0.566. The molecular weight excluding hydrogens is 368 g/mol. The first-order valence-electron chi connectivity index (χ1n) is 10.2. The third-order valence-corrected chi connectivity index (χ3v) is 7.17. The molecule has 0 amide bonds. The summed E-state index contributed by atoms with van der Waals surface area (Å²) in [5, 5.41) is 0.215. The van der Waals surface area contributed by atoms with Crippen molar-refractivity contribution in [2.45, 2.75) is 75.0 Å². The molecule has 0 aliphatic heterocycles. The van der Waals surface area contributed by atoms with Crippen LogP contribution in [0.25, 0.3) is 0 Å². The Hall–Kier alpha value is -1.65. The summed E-state index contributed by atoms with van der Waals surface area (Å²) in [5.41, 5.74) is 2.03. The monoisotopic (exact) mass is 400 g/mol. The SMILES string of the molecule is COCc1cccc(S(=O)C2CCCCC2)c1Oc1ccccc1C(C)(C)C. The van der Waals surface area contributed by atoms with Crippen molar-refractivity contribution in [3.05, 3.63) is 53.6 Å². The molecule has 0 saturated heterocycles. The summed E-state index contributed by atoms with van der Waals surface area (Å²) in [7, 11) is 0.601. The lowest BCUT2D eigenvalue weighted by Gasteiger charge is -2.25. The van der Waals surface area contributed by atoms with Gasteiger partial charge in [-0.2, -0.15) is 0 Å². The summed E-state index contributed by atoms with van der Waals surface area (Å²) in [6.07, 6.45) is 5.63. The van der Waals surface area contributed by atoms with E-state index in [4.69, 9.17) is 9.47 Å². The summed E-state index contributed by atoms with van der Waals surface area (Å²) in [6.45, 7) is 6.97. The minimum atomic E-state index is -1.08. The van der Waals surface area contributed by atoms with Crippen LogP contribution in [0, 0.1) is 0 Å². The molecule has 0 aromatic heterocycles. The largest absolute Gasteiger partial charge is 0.455 e. The minimum absolute atomic E-state index is 0.0462. The number of benzene rings is 2. The van der Waals surface area contributed by atoms with E-state index in [1.165, 1.54) is 6.42 Å². The Balaban J connectivity index is 2.03. The van der Waals surface area contributed by atoms with Gasteiger partial charge in [-0.3, -0.25) is 4.21 Å². The van der Waals surface area contributed by atoms with E-state index in [2.05, 4.69) is 26.8 Å². The van der Waals surface area contributed by atoms with Crippen LogP contribution in [0.15, 0.2) is 47.4 Å². The Kier molecular flexibility index (Phi) is 6.95. The molecule has 0 radical (unpaired) electrons. The number of methoxy groups -OCH3 is 1. The van der Waals surface area contributed by atoms with Gasteiger partial charge in [0.15, 0.2) is 0 Å². The van der Waals surface area contributed by atoms with Crippen LogP contribution in [0.5, 0.6) is 11.5 Å². The van der Waals surface area contributed by atoms with Crippen LogP contribution in [0.4, 0.5) is 0 Å². The van der Waals surface area contributed by atoms with Crippen molar-refractivity contribution in [2.24, 2.45) is 0 Å². The smallest absolute Gasteiger partial charge is 0.149 e. The molecule has 28 heavy (non-hydrogen) atoms. The van der Waals surface area contributed by atoms with Gasteiger partial charge in [0.1, 0.15) is 11.5 Å². The lowest BCUT2D eigenvalue weighted by molar-refractivity contribution is 0.182. The molecule has 1 saturated carbocycles. The summed E-state index contributed by atoms with van der Waals surface area (Å²) < 4.78 is 25.3. The van der Waals surface area contributed by atoms with Gasteiger partial charge in [-0.25, -0.2) is 0 Å². The number of rotatable bonds is 6. The molecule has 0 spiro atoms. The maximum Gasteiger partial charge on any atom is 0.149 e. The van der Waals surface area contributed by atoms with Crippen LogP contribution in [0.3, 0.4) is 0 Å². The second kappa shape index (κ2) is 9.23. The van der Waals surface area contributed by atoms with Gasteiger partial charge in [-0.15, -0.1) is 0 Å². The summed E-state index contributed by atoms with van der Waals surface area (Å²) in [4.78, 5) is 0.796. The Bertz CT molecular complexity index is 817. The predicted octanol–water partition coefficient (Wildman–Crippen LogP) is 6.36. The van der Waals surface area contributed by atoms with Crippen molar-refractivity contribution < 1.29 is 13.7 Å². The zero-order valence-electron chi connectivity index (χ0n) is 17.5. The van der Waals surface area contributed by atoms with Crippen molar-refractivity contribution in [3.63, 3.8) is 0 Å². The highest BCUT2D eigenvalue weighted by molar-refractivity contribution is 7.85. The molecule has 1 unspecified atom stereocenters. The standard InChI is InChI=1S/C24H32O3S/c1-24(2,3)20-14-8-9-15-21(20)27-23-18(17-26-4)11-10-16-22(23)28(25)19-12-6-5-7-13-19/h8-11,14-16,19H,5-7,12-13,17H2,1-4H3. The highest BCUT2D eigenvalue weighted by Crippen LogP contribution is 2.39. The zero-order valence-corrected chi connectivity index (χ0v) is 18.3. The van der Waals surface area contributed by atoms with Gasteiger partial charge in [0, 0.05) is 23.5 Å². The Morgan fingerprint density at radius 1 is 1.00 bits per heavy atom. The first-order valence-corrected chi connectivity index (χ1v) is 11.4. The van der Waals surface area contributed by atoms with Crippen LogP contribution < -0.4 is 4.74 Å². The van der Waals surface area contributed by atoms with Crippen molar-refractivity contribution in [1.82, 2.24) is 0 Å². The van der Waals surface area contributed by atoms with E-state index < -0.39 is 10.8 Å². The van der Waals surface area contributed by atoms with E-state index in [1.54, 1.807) is 7.11 Å². The maximum atomic E-state index is 13.4. The number of ether oxygens (including phenoxy) is 2. The Morgan fingerprint density at radius 2 is 1.71 bits per heavy atom. The summed E-state index contributed by atoms with van der Waals surface area (Å²) >= 11 is 0. The van der Waals surface area contributed by atoms with E-state index in [0.717, 1.165) is 47.5 Å². The first-order chi connectivity index (χ1) is 13.4. The van der Waals surface area contributed by atoms with Crippen LogP contribution >= 0.6 is 0 Å². The fourth-order valence-corrected chi connectivity index (χ4v) is 5.54. The van der Waals surface area contributed by atoms with Gasteiger partial charge in [-0.05, 0) is 30.4 Å². The van der Waals surface area contributed by atoms with E-state index in [-0.39, 0.29) is 10.7 Å². The van der Waals surface area contributed by atoms with Gasteiger partial charge in [0.25, 0.3) is 0 Å². The van der Waals surface area contributed by atoms with Crippen molar-refractivity contribution in [2.75, 3.05) is 7.11 Å². The van der Waals surface area contributed by atoms with Gasteiger partial charge >= 0.3 is 0 Å². The van der Waals surface area contributed by atoms with Gasteiger partial charge in [-0.1, -0.05) is 70.4 Å². The molecule has 1 aliphatic rings. The molecule has 3 rings (SSSR count). The summed E-state index contributed by atoms with van der Waals surface area (Å²) in [5.74, 6) is 1.52. The molecule has 1 atom stereocenters. The molecule has 3 nitrogen and oxygen atoms in total.